The molecule has 1 aliphatic carbocycles. The van der Waals surface area contributed by atoms with Gasteiger partial charge in [0.15, 0.2) is 0 Å². The van der Waals surface area contributed by atoms with E-state index in [2.05, 4.69) is 12.4 Å². The van der Waals surface area contributed by atoms with Crippen LogP contribution in [0, 0.1) is 5.92 Å². The minimum Gasteiger partial charge on any atom is -0.302 e. The van der Waals surface area contributed by atoms with E-state index in [1.165, 1.54) is 32.1 Å². The van der Waals surface area contributed by atoms with Crippen LogP contribution in [0.4, 0.5) is 0 Å². The topological polar surface area (TPSA) is 21.3 Å². The molecule has 0 heterocycles. The fraction of sp³-hybridized carbons (Fsp3) is 1.00. The second-order valence-electron chi connectivity index (χ2n) is 3.69. The van der Waals surface area contributed by atoms with Crippen molar-refractivity contribution in [1.82, 2.24) is 5.48 Å². The van der Waals surface area contributed by atoms with Gasteiger partial charge in [-0.05, 0) is 25.7 Å². The summed E-state index contributed by atoms with van der Waals surface area (Å²) in [5.41, 5.74) is 3.14. The molecule has 12 heavy (non-hydrogen) atoms. The molecule has 0 bridgehead atoms. The SMILES string of the molecule is CCONC1CCCC(CC)C1. The molecule has 72 valence electrons. The zero-order chi connectivity index (χ0) is 8.81. The van der Waals surface area contributed by atoms with Crippen molar-refractivity contribution in [2.75, 3.05) is 6.61 Å². The Labute approximate surface area is 75.6 Å². The summed E-state index contributed by atoms with van der Waals surface area (Å²) in [6.07, 6.45) is 6.70. The normalized spacial score (nSPS) is 30.5. The van der Waals surface area contributed by atoms with Crippen molar-refractivity contribution in [2.45, 2.75) is 52.0 Å². The van der Waals surface area contributed by atoms with E-state index < -0.39 is 0 Å². The van der Waals surface area contributed by atoms with E-state index in [4.69, 9.17) is 4.84 Å². The average molecular weight is 171 g/mol. The highest BCUT2D eigenvalue weighted by Crippen LogP contribution is 2.26. The first kappa shape index (κ1) is 10.0. The van der Waals surface area contributed by atoms with E-state index in [1.807, 2.05) is 6.92 Å². The quantitative estimate of drug-likeness (QED) is 0.656. The summed E-state index contributed by atoms with van der Waals surface area (Å²) in [6.45, 7) is 5.08. The van der Waals surface area contributed by atoms with E-state index in [0.29, 0.717) is 6.04 Å². The summed E-state index contributed by atoms with van der Waals surface area (Å²) in [4.78, 5) is 5.22. The molecule has 0 amide bonds. The Morgan fingerprint density at radius 3 is 2.83 bits per heavy atom. The van der Waals surface area contributed by atoms with Crippen molar-refractivity contribution in [3.05, 3.63) is 0 Å². The van der Waals surface area contributed by atoms with Gasteiger partial charge in [0, 0.05) is 6.04 Å². The van der Waals surface area contributed by atoms with Gasteiger partial charge in [-0.15, -0.1) is 0 Å². The molecule has 2 nitrogen and oxygen atoms in total. The van der Waals surface area contributed by atoms with Gasteiger partial charge >= 0.3 is 0 Å². The molecule has 1 rings (SSSR count). The van der Waals surface area contributed by atoms with Gasteiger partial charge < -0.3 is 4.84 Å². The maximum Gasteiger partial charge on any atom is 0.0654 e. The summed E-state index contributed by atoms with van der Waals surface area (Å²) in [7, 11) is 0. The Hall–Kier alpha value is -0.0800. The number of hydrogen-bond acceptors (Lipinski definition) is 2. The van der Waals surface area contributed by atoms with Gasteiger partial charge in [-0.3, -0.25) is 0 Å². The predicted molar refractivity (Wildman–Crippen MR) is 50.8 cm³/mol. The van der Waals surface area contributed by atoms with Crippen LogP contribution < -0.4 is 5.48 Å². The van der Waals surface area contributed by atoms with Gasteiger partial charge in [0.05, 0.1) is 6.61 Å². The second-order valence-corrected chi connectivity index (χ2v) is 3.69. The lowest BCUT2D eigenvalue weighted by molar-refractivity contribution is 0.00870. The number of hydrogen-bond donors (Lipinski definition) is 1. The van der Waals surface area contributed by atoms with Gasteiger partial charge in [-0.25, -0.2) is 0 Å². The number of nitrogens with one attached hydrogen (secondary N) is 1. The van der Waals surface area contributed by atoms with Crippen molar-refractivity contribution in [2.24, 2.45) is 5.92 Å². The zero-order valence-electron chi connectivity index (χ0n) is 8.31. The van der Waals surface area contributed by atoms with Gasteiger partial charge in [-0.1, -0.05) is 26.2 Å². The van der Waals surface area contributed by atoms with Crippen molar-refractivity contribution in [3.8, 4) is 0 Å². The van der Waals surface area contributed by atoms with Crippen molar-refractivity contribution in [1.29, 1.82) is 0 Å². The second kappa shape index (κ2) is 5.55. The molecule has 0 aliphatic heterocycles. The minimum absolute atomic E-state index is 0.614. The van der Waals surface area contributed by atoms with Crippen LogP contribution in [0.15, 0.2) is 0 Å². The fourth-order valence-electron chi connectivity index (χ4n) is 1.97. The minimum atomic E-state index is 0.614. The summed E-state index contributed by atoms with van der Waals surface area (Å²) in [6, 6.07) is 0.614. The highest BCUT2D eigenvalue weighted by molar-refractivity contribution is 4.74. The van der Waals surface area contributed by atoms with Gasteiger partial charge in [0.1, 0.15) is 0 Å². The average Bonchev–Trinajstić information content (AvgIpc) is 2.15. The maximum absolute atomic E-state index is 5.22. The summed E-state index contributed by atoms with van der Waals surface area (Å²) in [5.74, 6) is 0.928. The molecule has 1 fully saturated rings. The first-order chi connectivity index (χ1) is 5.86. The molecular formula is C10H21NO. The lowest BCUT2D eigenvalue weighted by Crippen LogP contribution is -2.34. The van der Waals surface area contributed by atoms with Gasteiger partial charge in [0.25, 0.3) is 0 Å². The first-order valence-electron chi connectivity index (χ1n) is 5.24. The van der Waals surface area contributed by atoms with Crippen LogP contribution in [-0.4, -0.2) is 12.6 Å². The van der Waals surface area contributed by atoms with Crippen molar-refractivity contribution < 1.29 is 4.84 Å². The highest BCUT2D eigenvalue weighted by atomic mass is 16.6. The number of rotatable bonds is 4. The van der Waals surface area contributed by atoms with Gasteiger partial charge in [0.2, 0.25) is 0 Å². The van der Waals surface area contributed by atoms with Crippen LogP contribution in [0.1, 0.15) is 46.0 Å². The molecule has 0 aromatic heterocycles. The smallest absolute Gasteiger partial charge is 0.0654 e. The lowest BCUT2D eigenvalue weighted by atomic mass is 9.85. The largest absolute Gasteiger partial charge is 0.302 e. The van der Waals surface area contributed by atoms with E-state index in [9.17, 15) is 0 Å². The van der Waals surface area contributed by atoms with Crippen molar-refractivity contribution in [3.63, 3.8) is 0 Å². The summed E-state index contributed by atoms with van der Waals surface area (Å²) in [5, 5.41) is 0. The van der Waals surface area contributed by atoms with Crippen LogP contribution >= 0.6 is 0 Å². The van der Waals surface area contributed by atoms with Crippen LogP contribution in [0.25, 0.3) is 0 Å². The Kier molecular flexibility index (Phi) is 4.62. The van der Waals surface area contributed by atoms with Crippen LogP contribution in [-0.2, 0) is 4.84 Å². The molecule has 2 heteroatoms. The lowest BCUT2D eigenvalue weighted by Gasteiger charge is -2.28. The molecule has 0 aromatic rings. The van der Waals surface area contributed by atoms with Gasteiger partial charge in [-0.2, -0.15) is 5.48 Å². The maximum atomic E-state index is 5.22. The molecule has 1 N–H and O–H groups in total. The van der Waals surface area contributed by atoms with E-state index >= 15 is 0 Å². The monoisotopic (exact) mass is 171 g/mol. The highest BCUT2D eigenvalue weighted by Gasteiger charge is 2.20. The molecular weight excluding hydrogens is 150 g/mol. The molecule has 1 aliphatic rings. The fourth-order valence-corrected chi connectivity index (χ4v) is 1.97. The van der Waals surface area contributed by atoms with E-state index in [-0.39, 0.29) is 0 Å². The van der Waals surface area contributed by atoms with E-state index in [0.717, 1.165) is 12.5 Å². The van der Waals surface area contributed by atoms with Crippen LogP contribution in [0.3, 0.4) is 0 Å². The Bertz CT molecular complexity index is 116. The standard InChI is InChI=1S/C10H21NO/c1-3-9-6-5-7-10(8-9)11-12-4-2/h9-11H,3-8H2,1-2H3. The first-order valence-corrected chi connectivity index (χ1v) is 5.24. The molecule has 0 saturated heterocycles. The third-order valence-corrected chi connectivity index (χ3v) is 2.75. The number of hydroxylamine groups is 1. The molecule has 0 spiro atoms. The van der Waals surface area contributed by atoms with E-state index in [1.54, 1.807) is 0 Å². The Balaban J connectivity index is 2.16. The molecule has 1 saturated carbocycles. The van der Waals surface area contributed by atoms with Crippen LogP contribution in [0.2, 0.25) is 0 Å². The third-order valence-electron chi connectivity index (χ3n) is 2.75. The molecule has 0 radical (unpaired) electrons. The Morgan fingerprint density at radius 1 is 1.33 bits per heavy atom. The third kappa shape index (κ3) is 3.11. The molecule has 2 unspecified atom stereocenters. The summed E-state index contributed by atoms with van der Waals surface area (Å²) < 4.78 is 0. The summed E-state index contributed by atoms with van der Waals surface area (Å²) >= 11 is 0. The molecule has 2 atom stereocenters. The molecule has 0 aromatic carbocycles. The zero-order valence-corrected chi connectivity index (χ0v) is 8.31. The Morgan fingerprint density at radius 2 is 2.17 bits per heavy atom. The predicted octanol–water partition coefficient (Wildman–Crippen LogP) is 2.50. The van der Waals surface area contributed by atoms with Crippen molar-refractivity contribution >= 4 is 0 Å². The van der Waals surface area contributed by atoms with Crippen LogP contribution in [0.5, 0.6) is 0 Å².